The topological polar surface area (TPSA) is 34.1 Å². The van der Waals surface area contributed by atoms with Crippen LogP contribution in [0.15, 0.2) is 45.6 Å². The Balaban J connectivity index is 2.22. The predicted octanol–water partition coefficient (Wildman–Crippen LogP) is 4.36. The number of pyridine rings is 1. The second-order valence-electron chi connectivity index (χ2n) is 3.37. The first-order chi connectivity index (χ1) is 8.19. The van der Waals surface area contributed by atoms with Gasteiger partial charge in [-0.1, -0.05) is 0 Å². The van der Waals surface area contributed by atoms with Crippen molar-refractivity contribution in [3.05, 3.63) is 45.6 Å². The maximum atomic E-state index is 5.17. The molecule has 0 saturated heterocycles. The van der Waals surface area contributed by atoms with E-state index in [-0.39, 0.29) is 0 Å². The number of anilines is 2. The van der Waals surface area contributed by atoms with Crippen molar-refractivity contribution in [3.63, 3.8) is 0 Å². The van der Waals surface area contributed by atoms with Gasteiger partial charge in [-0.05, 0) is 56.1 Å². The number of nitrogens with zero attached hydrogens (tertiary/aromatic N) is 1. The number of hydrogen-bond donors (Lipinski definition) is 1. The van der Waals surface area contributed by atoms with E-state index in [1.54, 1.807) is 19.5 Å². The Bertz CT molecular complexity index is 532. The first-order valence-electron chi connectivity index (χ1n) is 4.90. The Morgan fingerprint density at radius 3 is 2.59 bits per heavy atom. The summed E-state index contributed by atoms with van der Waals surface area (Å²) in [4.78, 5) is 4.09. The van der Waals surface area contributed by atoms with Gasteiger partial charge in [0.2, 0.25) is 0 Å². The van der Waals surface area contributed by atoms with E-state index in [2.05, 4.69) is 42.2 Å². The molecule has 0 bridgehead atoms. The molecule has 0 spiro atoms. The van der Waals surface area contributed by atoms with E-state index in [0.717, 1.165) is 26.1 Å². The fourth-order valence-corrected chi connectivity index (χ4v) is 2.30. The molecule has 0 saturated carbocycles. The number of benzene rings is 1. The third kappa shape index (κ3) is 3.20. The summed E-state index contributed by atoms with van der Waals surface area (Å²) in [6, 6.07) is 7.77. The van der Waals surface area contributed by atoms with Gasteiger partial charge >= 0.3 is 0 Å². The van der Waals surface area contributed by atoms with Crippen molar-refractivity contribution in [2.75, 3.05) is 12.4 Å². The molecule has 0 atom stereocenters. The highest BCUT2D eigenvalue weighted by Crippen LogP contribution is 2.29. The highest BCUT2D eigenvalue weighted by molar-refractivity contribution is 9.10. The van der Waals surface area contributed by atoms with Crippen molar-refractivity contribution in [2.45, 2.75) is 0 Å². The molecule has 1 heterocycles. The first kappa shape index (κ1) is 12.4. The first-order valence-corrected chi connectivity index (χ1v) is 6.49. The molecule has 0 fully saturated rings. The van der Waals surface area contributed by atoms with E-state index in [1.807, 2.05) is 24.3 Å². The summed E-state index contributed by atoms with van der Waals surface area (Å²) >= 11 is 6.83. The van der Waals surface area contributed by atoms with Crippen LogP contribution in [0.5, 0.6) is 5.75 Å². The summed E-state index contributed by atoms with van der Waals surface area (Å²) in [6.07, 6.45) is 3.51. The monoisotopic (exact) mass is 356 g/mol. The smallest absolute Gasteiger partial charge is 0.133 e. The normalized spacial score (nSPS) is 10.1. The Labute approximate surface area is 116 Å². The average molecular weight is 358 g/mol. The summed E-state index contributed by atoms with van der Waals surface area (Å²) in [5.41, 5.74) is 1.90. The number of hydrogen-bond acceptors (Lipinski definition) is 3. The maximum absolute atomic E-state index is 5.17. The van der Waals surface area contributed by atoms with Crippen molar-refractivity contribution in [1.82, 2.24) is 4.98 Å². The predicted molar refractivity (Wildman–Crippen MR) is 75.9 cm³/mol. The van der Waals surface area contributed by atoms with Crippen LogP contribution in [-0.4, -0.2) is 12.1 Å². The molecular formula is C12H10Br2N2O. The second-order valence-corrected chi connectivity index (χ2v) is 5.14. The van der Waals surface area contributed by atoms with Crippen LogP contribution in [0.4, 0.5) is 11.4 Å². The van der Waals surface area contributed by atoms with Crippen LogP contribution >= 0.6 is 31.9 Å². The largest absolute Gasteiger partial charge is 0.496 e. The van der Waals surface area contributed by atoms with E-state index < -0.39 is 0 Å². The molecule has 2 rings (SSSR count). The Morgan fingerprint density at radius 1 is 1.12 bits per heavy atom. The molecule has 1 N–H and O–H groups in total. The van der Waals surface area contributed by atoms with Gasteiger partial charge in [0.1, 0.15) is 5.75 Å². The standard InChI is InChI=1S/C12H10Br2N2O/c1-17-12-3-2-9(5-11(12)14)16-10-4-8(13)6-15-7-10/h2-7,16H,1H3. The van der Waals surface area contributed by atoms with Crippen LogP contribution in [0.2, 0.25) is 0 Å². The van der Waals surface area contributed by atoms with Gasteiger partial charge in [-0.15, -0.1) is 0 Å². The van der Waals surface area contributed by atoms with Crippen LogP contribution in [-0.2, 0) is 0 Å². The lowest BCUT2D eigenvalue weighted by molar-refractivity contribution is 0.412. The zero-order chi connectivity index (χ0) is 12.3. The second kappa shape index (κ2) is 5.51. The van der Waals surface area contributed by atoms with Gasteiger partial charge in [0.05, 0.1) is 23.5 Å². The molecule has 1 aromatic carbocycles. The minimum Gasteiger partial charge on any atom is -0.496 e. The SMILES string of the molecule is COc1ccc(Nc2cncc(Br)c2)cc1Br. The summed E-state index contributed by atoms with van der Waals surface area (Å²) in [7, 11) is 1.64. The van der Waals surface area contributed by atoms with Crippen LogP contribution in [0.1, 0.15) is 0 Å². The van der Waals surface area contributed by atoms with Crippen LogP contribution in [0, 0.1) is 0 Å². The van der Waals surface area contributed by atoms with E-state index in [4.69, 9.17) is 4.74 Å². The van der Waals surface area contributed by atoms with Crippen molar-refractivity contribution >= 4 is 43.2 Å². The van der Waals surface area contributed by atoms with E-state index in [9.17, 15) is 0 Å². The Morgan fingerprint density at radius 2 is 1.94 bits per heavy atom. The molecule has 0 aliphatic heterocycles. The molecule has 5 heteroatoms. The quantitative estimate of drug-likeness (QED) is 0.886. The minimum absolute atomic E-state index is 0.808. The summed E-state index contributed by atoms with van der Waals surface area (Å²) in [6.45, 7) is 0. The molecule has 1 aromatic heterocycles. The number of methoxy groups -OCH3 is 1. The highest BCUT2D eigenvalue weighted by Gasteiger charge is 2.02. The molecule has 0 aliphatic carbocycles. The summed E-state index contributed by atoms with van der Waals surface area (Å²) in [5, 5.41) is 3.26. The fourth-order valence-electron chi connectivity index (χ4n) is 1.39. The number of nitrogens with one attached hydrogen (secondary N) is 1. The van der Waals surface area contributed by atoms with Gasteiger partial charge < -0.3 is 10.1 Å². The molecule has 0 unspecified atom stereocenters. The van der Waals surface area contributed by atoms with Crippen LogP contribution < -0.4 is 10.1 Å². The van der Waals surface area contributed by atoms with Crippen molar-refractivity contribution in [3.8, 4) is 5.75 Å². The van der Waals surface area contributed by atoms with E-state index in [0.29, 0.717) is 0 Å². The molecule has 3 nitrogen and oxygen atoms in total. The summed E-state index contributed by atoms with van der Waals surface area (Å²) in [5.74, 6) is 0.808. The lowest BCUT2D eigenvalue weighted by Gasteiger charge is -2.09. The van der Waals surface area contributed by atoms with Gasteiger partial charge in [-0.2, -0.15) is 0 Å². The van der Waals surface area contributed by atoms with Crippen LogP contribution in [0.25, 0.3) is 0 Å². The average Bonchev–Trinajstić information content (AvgIpc) is 2.29. The minimum atomic E-state index is 0.808. The lowest BCUT2D eigenvalue weighted by Crippen LogP contribution is -1.92. The maximum Gasteiger partial charge on any atom is 0.133 e. The molecule has 17 heavy (non-hydrogen) atoms. The van der Waals surface area contributed by atoms with E-state index >= 15 is 0 Å². The molecule has 0 amide bonds. The lowest BCUT2D eigenvalue weighted by atomic mass is 10.3. The van der Waals surface area contributed by atoms with Crippen molar-refractivity contribution in [1.29, 1.82) is 0 Å². The number of aromatic nitrogens is 1. The third-order valence-electron chi connectivity index (χ3n) is 2.15. The van der Waals surface area contributed by atoms with Gasteiger partial charge in [0.25, 0.3) is 0 Å². The summed E-state index contributed by atoms with van der Waals surface area (Å²) < 4.78 is 7.02. The highest BCUT2D eigenvalue weighted by atomic mass is 79.9. The van der Waals surface area contributed by atoms with Gasteiger partial charge in [0, 0.05) is 16.4 Å². The van der Waals surface area contributed by atoms with Gasteiger partial charge in [0.15, 0.2) is 0 Å². The Hall–Kier alpha value is -1.07. The van der Waals surface area contributed by atoms with Gasteiger partial charge in [-0.25, -0.2) is 0 Å². The number of halogens is 2. The van der Waals surface area contributed by atoms with Crippen molar-refractivity contribution in [2.24, 2.45) is 0 Å². The third-order valence-corrected chi connectivity index (χ3v) is 3.20. The fraction of sp³-hybridized carbons (Fsp3) is 0.0833. The van der Waals surface area contributed by atoms with Crippen molar-refractivity contribution < 1.29 is 4.74 Å². The van der Waals surface area contributed by atoms with Gasteiger partial charge in [-0.3, -0.25) is 4.98 Å². The molecule has 2 aromatic rings. The molecular weight excluding hydrogens is 348 g/mol. The molecule has 88 valence electrons. The molecule has 0 radical (unpaired) electrons. The van der Waals surface area contributed by atoms with E-state index in [1.165, 1.54) is 0 Å². The zero-order valence-corrected chi connectivity index (χ0v) is 12.2. The number of ether oxygens (including phenoxy) is 1. The molecule has 0 aliphatic rings. The number of rotatable bonds is 3. The zero-order valence-electron chi connectivity index (χ0n) is 9.08. The Kier molecular flexibility index (Phi) is 4.02. The van der Waals surface area contributed by atoms with Crippen LogP contribution in [0.3, 0.4) is 0 Å².